The van der Waals surface area contributed by atoms with Gasteiger partial charge in [-0.25, -0.2) is 0 Å². The van der Waals surface area contributed by atoms with Crippen LogP contribution in [-0.4, -0.2) is 73.4 Å². The van der Waals surface area contributed by atoms with Gasteiger partial charge >= 0.3 is 0 Å². The minimum atomic E-state index is -0.461. The van der Waals surface area contributed by atoms with Crippen LogP contribution in [0.1, 0.15) is 12.0 Å². The molecule has 160 valence electrons. The Bertz CT molecular complexity index is 786. The van der Waals surface area contributed by atoms with E-state index in [0.29, 0.717) is 13.2 Å². The molecule has 0 radical (unpaired) electrons. The van der Waals surface area contributed by atoms with E-state index in [1.807, 2.05) is 12.1 Å². The van der Waals surface area contributed by atoms with Gasteiger partial charge in [0.2, 0.25) is 0 Å². The summed E-state index contributed by atoms with van der Waals surface area (Å²) in [6.45, 7) is 8.18. The molecule has 30 heavy (non-hydrogen) atoms. The van der Waals surface area contributed by atoms with E-state index in [1.54, 1.807) is 0 Å². The van der Waals surface area contributed by atoms with Crippen molar-refractivity contribution in [2.45, 2.75) is 19.1 Å². The highest BCUT2D eigenvalue weighted by Crippen LogP contribution is 2.18. The third kappa shape index (κ3) is 6.08. The molecule has 1 saturated heterocycles. The Labute approximate surface area is 180 Å². The number of aliphatic hydroxyl groups excluding tert-OH is 1. The summed E-state index contributed by atoms with van der Waals surface area (Å²) in [4.78, 5) is 7.22. The van der Waals surface area contributed by atoms with Crippen molar-refractivity contribution in [2.75, 3.05) is 57.3 Å². The molecule has 0 amide bonds. The SMILES string of the molecule is OC(COc1ccc(CN2CCN(c3ccccc3)CC2)cc1)CN1CC=CCC1. The zero-order valence-corrected chi connectivity index (χ0v) is 17.7. The highest BCUT2D eigenvalue weighted by Gasteiger charge is 2.17. The van der Waals surface area contributed by atoms with Crippen LogP contribution < -0.4 is 9.64 Å². The molecular weight excluding hydrogens is 374 g/mol. The van der Waals surface area contributed by atoms with E-state index >= 15 is 0 Å². The zero-order valence-electron chi connectivity index (χ0n) is 17.7. The number of hydrogen-bond donors (Lipinski definition) is 1. The number of hydrogen-bond acceptors (Lipinski definition) is 5. The van der Waals surface area contributed by atoms with Gasteiger partial charge in [-0.15, -0.1) is 0 Å². The molecule has 0 spiro atoms. The average molecular weight is 408 g/mol. The summed E-state index contributed by atoms with van der Waals surface area (Å²) in [5, 5.41) is 10.2. The lowest BCUT2D eigenvalue weighted by Gasteiger charge is -2.36. The van der Waals surface area contributed by atoms with Gasteiger partial charge < -0.3 is 14.7 Å². The first-order chi connectivity index (χ1) is 14.8. The first-order valence-electron chi connectivity index (χ1n) is 11.1. The normalized spacial score (nSPS) is 19.0. The number of rotatable bonds is 8. The Morgan fingerprint density at radius 1 is 0.833 bits per heavy atom. The van der Waals surface area contributed by atoms with Crippen LogP contribution in [0.25, 0.3) is 0 Å². The van der Waals surface area contributed by atoms with E-state index < -0.39 is 6.10 Å². The molecule has 0 bridgehead atoms. The Morgan fingerprint density at radius 2 is 1.60 bits per heavy atom. The second kappa shape index (κ2) is 10.6. The highest BCUT2D eigenvalue weighted by atomic mass is 16.5. The molecule has 0 saturated carbocycles. The second-order valence-electron chi connectivity index (χ2n) is 8.23. The molecule has 1 N–H and O–H groups in total. The van der Waals surface area contributed by atoms with Gasteiger partial charge in [-0.3, -0.25) is 9.80 Å². The number of anilines is 1. The highest BCUT2D eigenvalue weighted by molar-refractivity contribution is 5.46. The Hall–Kier alpha value is -2.34. The molecule has 0 aromatic heterocycles. The smallest absolute Gasteiger partial charge is 0.119 e. The lowest BCUT2D eigenvalue weighted by molar-refractivity contribution is 0.0713. The van der Waals surface area contributed by atoms with Crippen LogP contribution in [-0.2, 0) is 6.54 Å². The van der Waals surface area contributed by atoms with Crippen molar-refractivity contribution < 1.29 is 9.84 Å². The lowest BCUT2D eigenvalue weighted by atomic mass is 10.2. The van der Waals surface area contributed by atoms with Crippen LogP contribution in [0.3, 0.4) is 0 Å². The zero-order chi connectivity index (χ0) is 20.6. The van der Waals surface area contributed by atoms with Gasteiger partial charge in [0.05, 0.1) is 0 Å². The molecule has 2 heterocycles. The number of nitrogens with zero attached hydrogens (tertiary/aromatic N) is 3. The molecule has 4 rings (SSSR count). The minimum Gasteiger partial charge on any atom is -0.491 e. The Morgan fingerprint density at radius 3 is 2.30 bits per heavy atom. The van der Waals surface area contributed by atoms with Gasteiger partial charge in [-0.1, -0.05) is 42.5 Å². The molecule has 0 aliphatic carbocycles. The fourth-order valence-corrected chi connectivity index (χ4v) is 4.15. The van der Waals surface area contributed by atoms with Crippen LogP contribution in [0.5, 0.6) is 5.75 Å². The van der Waals surface area contributed by atoms with Crippen LogP contribution in [0.4, 0.5) is 5.69 Å². The van der Waals surface area contributed by atoms with Crippen molar-refractivity contribution >= 4 is 5.69 Å². The number of β-amino-alcohol motifs (C(OH)–C–C–N with tert-alkyl or cyclic N) is 1. The molecule has 2 aliphatic heterocycles. The molecule has 5 nitrogen and oxygen atoms in total. The van der Waals surface area contributed by atoms with Crippen molar-refractivity contribution in [3.05, 3.63) is 72.3 Å². The van der Waals surface area contributed by atoms with Gasteiger partial charge in [0.15, 0.2) is 0 Å². The molecule has 1 unspecified atom stereocenters. The standard InChI is InChI=1S/C25H33N3O2/c29-24(20-26-13-5-2-6-14-26)21-30-25-11-9-22(10-12-25)19-27-15-17-28(18-16-27)23-7-3-1-4-8-23/h1-5,7-12,24,29H,6,13-21H2. The first kappa shape index (κ1) is 20.9. The molecule has 2 aromatic rings. The number of aliphatic hydroxyl groups is 1. The molecule has 1 atom stereocenters. The fraction of sp³-hybridized carbons (Fsp3) is 0.440. The third-order valence-corrected chi connectivity index (χ3v) is 5.88. The van der Waals surface area contributed by atoms with E-state index in [0.717, 1.165) is 58.0 Å². The van der Waals surface area contributed by atoms with Crippen LogP contribution in [0.15, 0.2) is 66.7 Å². The summed E-state index contributed by atoms with van der Waals surface area (Å²) in [6, 6.07) is 19.0. The van der Waals surface area contributed by atoms with Gasteiger partial charge in [0.25, 0.3) is 0 Å². The van der Waals surface area contributed by atoms with Gasteiger partial charge in [-0.05, 0) is 36.2 Å². The number of para-hydroxylation sites is 1. The van der Waals surface area contributed by atoms with Crippen molar-refractivity contribution in [1.82, 2.24) is 9.80 Å². The van der Waals surface area contributed by atoms with Gasteiger partial charge in [0.1, 0.15) is 18.5 Å². The summed E-state index contributed by atoms with van der Waals surface area (Å²) in [5.41, 5.74) is 2.62. The van der Waals surface area contributed by atoms with E-state index in [2.05, 4.69) is 69.3 Å². The predicted molar refractivity (Wildman–Crippen MR) is 122 cm³/mol. The Kier molecular flexibility index (Phi) is 7.40. The first-order valence-corrected chi connectivity index (χ1v) is 11.1. The fourth-order valence-electron chi connectivity index (χ4n) is 4.15. The maximum atomic E-state index is 10.2. The molecule has 2 aliphatic rings. The van der Waals surface area contributed by atoms with E-state index in [1.165, 1.54) is 11.3 Å². The van der Waals surface area contributed by atoms with Crippen LogP contribution >= 0.6 is 0 Å². The topological polar surface area (TPSA) is 39.2 Å². The maximum absolute atomic E-state index is 10.2. The van der Waals surface area contributed by atoms with E-state index in [9.17, 15) is 5.11 Å². The summed E-state index contributed by atoms with van der Waals surface area (Å²) in [5.74, 6) is 0.824. The third-order valence-electron chi connectivity index (χ3n) is 5.88. The van der Waals surface area contributed by atoms with Crippen LogP contribution in [0, 0.1) is 0 Å². The minimum absolute atomic E-state index is 0.334. The van der Waals surface area contributed by atoms with Crippen molar-refractivity contribution in [3.63, 3.8) is 0 Å². The second-order valence-corrected chi connectivity index (χ2v) is 8.23. The van der Waals surface area contributed by atoms with E-state index in [4.69, 9.17) is 4.74 Å². The molecule has 5 heteroatoms. The van der Waals surface area contributed by atoms with E-state index in [-0.39, 0.29) is 0 Å². The quantitative estimate of drug-likeness (QED) is 0.681. The number of piperazine rings is 1. The molecule has 1 fully saturated rings. The molecular formula is C25H33N3O2. The predicted octanol–water partition coefficient (Wildman–Crippen LogP) is 3.01. The van der Waals surface area contributed by atoms with Crippen LogP contribution in [0.2, 0.25) is 0 Å². The Balaban J connectivity index is 1.18. The van der Waals surface area contributed by atoms with Crippen molar-refractivity contribution in [1.29, 1.82) is 0 Å². The lowest BCUT2D eigenvalue weighted by Crippen LogP contribution is -2.45. The summed E-state index contributed by atoms with van der Waals surface area (Å²) < 4.78 is 5.80. The monoisotopic (exact) mass is 407 g/mol. The number of benzene rings is 2. The summed E-state index contributed by atoms with van der Waals surface area (Å²) in [6.07, 6.45) is 4.97. The van der Waals surface area contributed by atoms with Gasteiger partial charge in [0, 0.05) is 58.0 Å². The summed E-state index contributed by atoms with van der Waals surface area (Å²) in [7, 11) is 0. The van der Waals surface area contributed by atoms with Crippen molar-refractivity contribution in [2.24, 2.45) is 0 Å². The maximum Gasteiger partial charge on any atom is 0.119 e. The molecule has 2 aromatic carbocycles. The number of ether oxygens (including phenoxy) is 1. The largest absolute Gasteiger partial charge is 0.491 e. The van der Waals surface area contributed by atoms with Crippen molar-refractivity contribution in [3.8, 4) is 5.75 Å². The summed E-state index contributed by atoms with van der Waals surface area (Å²) >= 11 is 0. The van der Waals surface area contributed by atoms with Gasteiger partial charge in [-0.2, -0.15) is 0 Å². The average Bonchev–Trinajstić information content (AvgIpc) is 2.80.